The van der Waals surface area contributed by atoms with E-state index in [1.54, 1.807) is 32.0 Å². The summed E-state index contributed by atoms with van der Waals surface area (Å²) in [6.45, 7) is 2.97. The summed E-state index contributed by atoms with van der Waals surface area (Å²) >= 11 is 0. The molecule has 0 spiro atoms. The van der Waals surface area contributed by atoms with Crippen LogP contribution >= 0.6 is 0 Å². The fourth-order valence-corrected chi connectivity index (χ4v) is 3.71. The summed E-state index contributed by atoms with van der Waals surface area (Å²) in [5.74, 6) is -1.11. The van der Waals surface area contributed by atoms with E-state index >= 15 is 0 Å². The molecule has 10 heteroatoms. The SMILES string of the molecule is CC1(C)NC(=O)N(CCC(=O)NNS(=O)(=O)c2ccc3ccccc3c2)C1=O. The van der Waals surface area contributed by atoms with Crippen molar-refractivity contribution in [1.82, 2.24) is 20.5 Å². The van der Waals surface area contributed by atoms with Crippen LogP contribution in [0.4, 0.5) is 4.79 Å². The molecule has 1 heterocycles. The van der Waals surface area contributed by atoms with Crippen molar-refractivity contribution >= 4 is 38.6 Å². The molecule has 0 aromatic heterocycles. The molecule has 0 radical (unpaired) electrons. The topological polar surface area (TPSA) is 125 Å². The van der Waals surface area contributed by atoms with Crippen LogP contribution in [-0.4, -0.2) is 43.2 Å². The van der Waals surface area contributed by atoms with E-state index in [0.717, 1.165) is 15.7 Å². The lowest BCUT2D eigenvalue weighted by molar-refractivity contribution is -0.130. The van der Waals surface area contributed by atoms with E-state index < -0.39 is 33.4 Å². The van der Waals surface area contributed by atoms with Crippen LogP contribution < -0.4 is 15.6 Å². The lowest BCUT2D eigenvalue weighted by atomic mass is 10.1. The van der Waals surface area contributed by atoms with E-state index in [4.69, 9.17) is 0 Å². The Bertz CT molecular complexity index is 1060. The third-order valence-corrected chi connectivity index (χ3v) is 5.61. The monoisotopic (exact) mass is 404 g/mol. The van der Waals surface area contributed by atoms with Gasteiger partial charge in [-0.15, -0.1) is 4.83 Å². The lowest BCUT2D eigenvalue weighted by Gasteiger charge is -2.15. The molecule has 0 unspecified atom stereocenters. The first kappa shape index (κ1) is 19.8. The van der Waals surface area contributed by atoms with E-state index in [2.05, 4.69) is 10.7 Å². The number of imide groups is 1. The molecule has 148 valence electrons. The van der Waals surface area contributed by atoms with Gasteiger partial charge in [0.25, 0.3) is 15.9 Å². The maximum Gasteiger partial charge on any atom is 0.325 e. The standard InChI is InChI=1S/C18H20N4O5S/c1-18(2)16(24)22(17(25)19-18)10-9-15(23)20-21-28(26,27)14-8-7-12-5-3-4-6-13(12)11-14/h3-8,11,21H,9-10H2,1-2H3,(H,19,25)(H,20,23). The summed E-state index contributed by atoms with van der Waals surface area (Å²) in [6, 6.07) is 11.3. The maximum absolute atomic E-state index is 12.4. The summed E-state index contributed by atoms with van der Waals surface area (Å²) in [6.07, 6.45) is -0.241. The number of fused-ring (bicyclic) bond motifs is 1. The smallest absolute Gasteiger partial charge is 0.324 e. The fourth-order valence-electron chi connectivity index (χ4n) is 2.81. The Morgan fingerprint density at radius 2 is 1.79 bits per heavy atom. The van der Waals surface area contributed by atoms with Gasteiger partial charge >= 0.3 is 6.03 Å². The van der Waals surface area contributed by atoms with Crippen molar-refractivity contribution < 1.29 is 22.8 Å². The molecule has 0 aliphatic carbocycles. The summed E-state index contributed by atoms with van der Waals surface area (Å²) in [7, 11) is -3.97. The lowest BCUT2D eigenvalue weighted by Crippen LogP contribution is -2.43. The fraction of sp³-hybridized carbons (Fsp3) is 0.278. The van der Waals surface area contributed by atoms with Gasteiger partial charge in [-0.2, -0.15) is 0 Å². The Balaban J connectivity index is 1.59. The van der Waals surface area contributed by atoms with Gasteiger partial charge in [-0.3, -0.25) is 19.9 Å². The number of urea groups is 1. The van der Waals surface area contributed by atoms with Crippen molar-refractivity contribution in [2.75, 3.05) is 6.54 Å². The van der Waals surface area contributed by atoms with E-state index in [9.17, 15) is 22.8 Å². The largest absolute Gasteiger partial charge is 0.325 e. The van der Waals surface area contributed by atoms with E-state index in [-0.39, 0.29) is 17.9 Å². The van der Waals surface area contributed by atoms with Gasteiger partial charge in [0.05, 0.1) is 4.90 Å². The number of benzene rings is 2. The summed E-state index contributed by atoms with van der Waals surface area (Å²) in [4.78, 5) is 38.7. The van der Waals surface area contributed by atoms with Crippen LogP contribution in [-0.2, 0) is 19.6 Å². The minimum Gasteiger partial charge on any atom is -0.324 e. The van der Waals surface area contributed by atoms with Crippen molar-refractivity contribution in [3.05, 3.63) is 42.5 Å². The number of hydrazine groups is 1. The number of nitrogens with one attached hydrogen (secondary N) is 3. The van der Waals surface area contributed by atoms with Gasteiger partial charge in [-0.05, 0) is 36.8 Å². The van der Waals surface area contributed by atoms with Crippen LogP contribution in [0.5, 0.6) is 0 Å². The minimum absolute atomic E-state index is 0.00217. The first-order chi connectivity index (χ1) is 13.1. The number of hydrogen-bond acceptors (Lipinski definition) is 5. The molecular formula is C18H20N4O5S. The molecule has 0 bridgehead atoms. The number of nitrogens with zero attached hydrogens (tertiary/aromatic N) is 1. The normalized spacial score (nSPS) is 16.3. The van der Waals surface area contributed by atoms with Crippen molar-refractivity contribution in [3.63, 3.8) is 0 Å². The quantitative estimate of drug-likeness (QED) is 0.487. The van der Waals surface area contributed by atoms with Crippen molar-refractivity contribution in [2.45, 2.75) is 30.7 Å². The van der Waals surface area contributed by atoms with Gasteiger partial charge in [-0.25, -0.2) is 13.2 Å². The van der Waals surface area contributed by atoms with Gasteiger partial charge < -0.3 is 5.32 Å². The molecule has 28 heavy (non-hydrogen) atoms. The van der Waals surface area contributed by atoms with Crippen LogP contribution in [0, 0.1) is 0 Å². The highest BCUT2D eigenvalue weighted by Gasteiger charge is 2.44. The van der Waals surface area contributed by atoms with Gasteiger partial charge in [0.2, 0.25) is 5.91 Å². The van der Waals surface area contributed by atoms with E-state index in [0.29, 0.717) is 0 Å². The van der Waals surface area contributed by atoms with Crippen molar-refractivity contribution in [3.8, 4) is 0 Å². The Morgan fingerprint density at radius 3 is 2.43 bits per heavy atom. The Labute approximate surface area is 162 Å². The predicted molar refractivity (Wildman–Crippen MR) is 101 cm³/mol. The number of carbonyl (C=O) groups excluding carboxylic acids is 3. The van der Waals surface area contributed by atoms with Crippen molar-refractivity contribution in [2.24, 2.45) is 0 Å². The summed E-state index contributed by atoms with van der Waals surface area (Å²) < 4.78 is 24.8. The Morgan fingerprint density at radius 1 is 1.11 bits per heavy atom. The van der Waals surface area contributed by atoms with Crippen LogP contribution in [0.2, 0.25) is 0 Å². The Kier molecular flexibility index (Phi) is 5.09. The predicted octanol–water partition coefficient (Wildman–Crippen LogP) is 0.870. The zero-order chi connectivity index (χ0) is 20.5. The molecule has 9 nitrogen and oxygen atoms in total. The molecule has 1 aliphatic heterocycles. The van der Waals surface area contributed by atoms with Crippen molar-refractivity contribution in [1.29, 1.82) is 0 Å². The first-order valence-electron chi connectivity index (χ1n) is 8.54. The third-order valence-electron chi connectivity index (χ3n) is 4.36. The second-order valence-electron chi connectivity index (χ2n) is 6.92. The zero-order valence-electron chi connectivity index (χ0n) is 15.4. The highest BCUT2D eigenvalue weighted by atomic mass is 32.2. The first-order valence-corrected chi connectivity index (χ1v) is 10.0. The highest BCUT2D eigenvalue weighted by molar-refractivity contribution is 7.89. The minimum atomic E-state index is -3.97. The second-order valence-corrected chi connectivity index (χ2v) is 8.61. The number of sulfonamides is 1. The van der Waals surface area contributed by atoms with Gasteiger partial charge in [0.15, 0.2) is 0 Å². The molecule has 2 aromatic carbocycles. The van der Waals surface area contributed by atoms with E-state index in [1.807, 2.05) is 17.0 Å². The average Bonchev–Trinajstić information content (AvgIpc) is 2.85. The number of hydrogen-bond donors (Lipinski definition) is 3. The molecule has 3 N–H and O–H groups in total. The second kappa shape index (κ2) is 7.21. The zero-order valence-corrected chi connectivity index (χ0v) is 16.2. The number of amides is 4. The molecule has 1 aliphatic rings. The van der Waals surface area contributed by atoms with Crippen LogP contribution in [0.3, 0.4) is 0 Å². The van der Waals surface area contributed by atoms with Gasteiger partial charge in [0.1, 0.15) is 5.54 Å². The molecule has 0 atom stereocenters. The van der Waals surface area contributed by atoms with Gasteiger partial charge in [0, 0.05) is 13.0 Å². The molecule has 2 aromatic rings. The van der Waals surface area contributed by atoms with Crippen LogP contribution in [0.1, 0.15) is 20.3 Å². The summed E-state index contributed by atoms with van der Waals surface area (Å²) in [5, 5.41) is 4.14. The Hall–Kier alpha value is -2.98. The molecule has 0 saturated carbocycles. The van der Waals surface area contributed by atoms with E-state index in [1.165, 1.54) is 12.1 Å². The highest BCUT2D eigenvalue weighted by Crippen LogP contribution is 2.19. The average molecular weight is 404 g/mol. The summed E-state index contributed by atoms with van der Waals surface area (Å²) in [5.41, 5.74) is 1.07. The molecular weight excluding hydrogens is 384 g/mol. The number of rotatable bonds is 6. The third kappa shape index (κ3) is 3.97. The molecule has 4 amide bonds. The van der Waals surface area contributed by atoms with Crippen LogP contribution in [0.15, 0.2) is 47.4 Å². The maximum atomic E-state index is 12.4. The molecule has 1 saturated heterocycles. The van der Waals surface area contributed by atoms with Crippen LogP contribution in [0.25, 0.3) is 10.8 Å². The molecule has 1 fully saturated rings. The number of carbonyl (C=O) groups is 3. The molecule has 3 rings (SSSR count). The van der Waals surface area contributed by atoms with Gasteiger partial charge in [-0.1, -0.05) is 30.3 Å².